The van der Waals surface area contributed by atoms with Crippen molar-refractivity contribution < 1.29 is 9.59 Å². The number of fused-ring (bicyclic) bond motifs is 1. The van der Waals surface area contributed by atoms with Crippen LogP contribution in [0.1, 0.15) is 18.4 Å². The Bertz CT molecular complexity index is 1430. The van der Waals surface area contributed by atoms with E-state index < -0.39 is 27.8 Å². The van der Waals surface area contributed by atoms with Crippen molar-refractivity contribution in [3.8, 4) is 0 Å². The van der Waals surface area contributed by atoms with Gasteiger partial charge in [-0.2, -0.15) is 13.5 Å². The van der Waals surface area contributed by atoms with Gasteiger partial charge in [-0.05, 0) is 48.8 Å². The summed E-state index contributed by atoms with van der Waals surface area (Å²) in [6.45, 7) is 0.291. The standard InChI is InChI=1S/C27H29Cl3N8O2S.H2S/c28-27(29,30)24(36-21(39)14-13-17-7-2-1-3-8-17)37-26(41)38(23(40)19(31)11-6-16-35-25(32)33)20-12-4-9-18-10-5-15-34-22(18)20;/h1-5,7-10,12-15,19,24H,6,11,16,31H2,(H,36,39)(H,37,41)(H4,32,33,35);1H2/b14-13+;/t19-,24?;/m0./s1. The zero-order valence-corrected chi connectivity index (χ0v) is 26.3. The van der Waals surface area contributed by atoms with E-state index in [0.717, 1.165) is 10.9 Å². The normalized spacial score (nSPS) is 12.6. The molecule has 0 saturated heterocycles. The van der Waals surface area contributed by atoms with Crippen molar-refractivity contribution in [3.63, 3.8) is 0 Å². The van der Waals surface area contributed by atoms with Crippen molar-refractivity contribution in [2.45, 2.75) is 28.8 Å². The molecule has 8 N–H and O–H groups in total. The number of halogens is 3. The number of alkyl halides is 3. The fourth-order valence-electron chi connectivity index (χ4n) is 3.72. The summed E-state index contributed by atoms with van der Waals surface area (Å²) in [4.78, 5) is 36.0. The molecule has 1 unspecified atom stereocenters. The number of amides is 2. The topological polar surface area (TPSA) is 165 Å². The summed E-state index contributed by atoms with van der Waals surface area (Å²) in [7, 11) is 0. The highest BCUT2D eigenvalue weighted by atomic mass is 35.6. The Kier molecular flexibility index (Phi) is 13.8. The van der Waals surface area contributed by atoms with E-state index in [4.69, 9.17) is 64.2 Å². The molecule has 0 aliphatic heterocycles. The molecule has 1 heterocycles. The molecule has 15 heteroatoms. The number of aliphatic imine (C=N–C) groups is 1. The number of pyridine rings is 1. The highest BCUT2D eigenvalue weighted by Crippen LogP contribution is 2.30. The van der Waals surface area contributed by atoms with Crippen molar-refractivity contribution in [2.24, 2.45) is 22.2 Å². The summed E-state index contributed by atoms with van der Waals surface area (Å²) in [6, 6.07) is 17.0. The highest BCUT2D eigenvalue weighted by Gasteiger charge is 2.37. The number of thiocarbonyl (C=S) groups is 1. The molecule has 0 radical (unpaired) electrons. The molecule has 0 saturated carbocycles. The van der Waals surface area contributed by atoms with Gasteiger partial charge in [0, 0.05) is 24.2 Å². The maximum atomic E-state index is 13.7. The second-order valence-corrected chi connectivity index (χ2v) is 11.5. The van der Waals surface area contributed by atoms with Crippen LogP contribution in [0.15, 0.2) is 77.9 Å². The SMILES string of the molecule is NC(N)=NCCC[C@H](N)C(=O)N(C(=S)NC(NC(=O)/C=C/c1ccccc1)C(Cl)(Cl)Cl)c1cccc2cccnc12.S. The molecule has 0 aliphatic carbocycles. The van der Waals surface area contributed by atoms with Gasteiger partial charge in [0.15, 0.2) is 11.1 Å². The first-order chi connectivity index (χ1) is 19.5. The summed E-state index contributed by atoms with van der Waals surface area (Å²) >= 11 is 24.2. The number of aromatic nitrogens is 1. The van der Waals surface area contributed by atoms with Gasteiger partial charge in [-0.15, -0.1) is 0 Å². The van der Waals surface area contributed by atoms with E-state index >= 15 is 0 Å². The number of nitrogens with one attached hydrogen (secondary N) is 2. The molecule has 1 aromatic heterocycles. The molecule has 224 valence electrons. The predicted molar refractivity (Wildman–Crippen MR) is 181 cm³/mol. The Balaban J connectivity index is 0.00000616. The van der Waals surface area contributed by atoms with Gasteiger partial charge >= 0.3 is 0 Å². The molecule has 0 bridgehead atoms. The number of carbonyl (C=O) groups excluding carboxylic acids is 2. The lowest BCUT2D eigenvalue weighted by atomic mass is 10.1. The Morgan fingerprint density at radius 2 is 1.74 bits per heavy atom. The third-order valence-corrected chi connectivity index (χ3v) is 6.62. The van der Waals surface area contributed by atoms with E-state index in [1.807, 2.05) is 42.5 Å². The summed E-state index contributed by atoms with van der Waals surface area (Å²) in [5.74, 6) is -1.18. The zero-order chi connectivity index (χ0) is 30.0. The largest absolute Gasteiger partial charge is 0.370 e. The number of benzene rings is 2. The quantitative estimate of drug-likeness (QED) is 0.0417. The molecule has 2 amide bonds. The number of anilines is 1. The number of nitrogens with two attached hydrogens (primary N) is 3. The van der Waals surface area contributed by atoms with Crippen LogP contribution < -0.4 is 32.7 Å². The van der Waals surface area contributed by atoms with Crippen LogP contribution in [0, 0.1) is 0 Å². The predicted octanol–water partition coefficient (Wildman–Crippen LogP) is 3.46. The van der Waals surface area contributed by atoms with E-state index in [9.17, 15) is 9.59 Å². The van der Waals surface area contributed by atoms with E-state index in [0.29, 0.717) is 24.2 Å². The van der Waals surface area contributed by atoms with Crippen LogP contribution in [-0.2, 0) is 9.59 Å². The van der Waals surface area contributed by atoms with Gasteiger partial charge in [0.1, 0.15) is 6.17 Å². The fourth-order valence-corrected chi connectivity index (χ4v) is 4.35. The Hall–Kier alpha value is -3.13. The first-order valence-electron chi connectivity index (χ1n) is 12.4. The molecule has 0 spiro atoms. The van der Waals surface area contributed by atoms with E-state index in [2.05, 4.69) is 20.6 Å². The van der Waals surface area contributed by atoms with Crippen molar-refractivity contribution >= 4 is 106 Å². The van der Waals surface area contributed by atoms with Gasteiger partial charge in [0.2, 0.25) is 15.6 Å². The number of hydrogen-bond acceptors (Lipinski definition) is 6. The van der Waals surface area contributed by atoms with Gasteiger partial charge in [0.25, 0.3) is 0 Å². The molecule has 2 aromatic carbocycles. The number of hydrogen-bond donors (Lipinski definition) is 5. The first kappa shape index (κ1) is 35.1. The number of rotatable bonds is 10. The fraction of sp³-hybridized carbons (Fsp3) is 0.222. The van der Waals surface area contributed by atoms with Crippen molar-refractivity contribution in [1.82, 2.24) is 15.6 Å². The van der Waals surface area contributed by atoms with E-state index in [1.54, 1.807) is 30.5 Å². The van der Waals surface area contributed by atoms with Crippen LogP contribution >= 0.6 is 60.5 Å². The minimum Gasteiger partial charge on any atom is -0.370 e. The van der Waals surface area contributed by atoms with Gasteiger partial charge in [-0.3, -0.25) is 24.5 Å². The Morgan fingerprint density at radius 3 is 2.40 bits per heavy atom. The van der Waals surface area contributed by atoms with Gasteiger partial charge in [-0.1, -0.05) is 83.3 Å². The van der Waals surface area contributed by atoms with Crippen molar-refractivity contribution in [1.29, 1.82) is 0 Å². The molecular weight excluding hydrogens is 639 g/mol. The Labute approximate surface area is 271 Å². The third kappa shape index (κ3) is 10.3. The summed E-state index contributed by atoms with van der Waals surface area (Å²) in [6.07, 6.45) is 3.83. The second-order valence-electron chi connectivity index (χ2n) is 8.76. The summed E-state index contributed by atoms with van der Waals surface area (Å²) in [5.41, 5.74) is 18.7. The second kappa shape index (κ2) is 16.5. The highest BCUT2D eigenvalue weighted by molar-refractivity contribution is 7.80. The number of nitrogens with zero attached hydrogens (tertiary/aromatic N) is 3. The lowest BCUT2D eigenvalue weighted by Gasteiger charge is -2.32. The van der Waals surface area contributed by atoms with Gasteiger partial charge in [0.05, 0.1) is 17.2 Å². The number of para-hydroxylation sites is 1. The molecular formula is C27H31Cl3N8O2S2. The van der Waals surface area contributed by atoms with Crippen LogP contribution in [0.5, 0.6) is 0 Å². The van der Waals surface area contributed by atoms with Crippen molar-refractivity contribution in [2.75, 3.05) is 11.4 Å². The molecule has 2 atom stereocenters. The molecule has 3 aromatic rings. The minimum atomic E-state index is -2.06. The zero-order valence-electron chi connectivity index (χ0n) is 22.2. The smallest absolute Gasteiger partial charge is 0.250 e. The summed E-state index contributed by atoms with van der Waals surface area (Å²) in [5, 5.41) is 5.97. The average molecular weight is 670 g/mol. The van der Waals surface area contributed by atoms with Gasteiger partial charge < -0.3 is 27.8 Å². The lowest BCUT2D eigenvalue weighted by Crippen LogP contribution is -2.60. The van der Waals surface area contributed by atoms with E-state index in [-0.39, 0.29) is 31.0 Å². The van der Waals surface area contributed by atoms with Crippen LogP contribution in [0.2, 0.25) is 0 Å². The van der Waals surface area contributed by atoms with Crippen molar-refractivity contribution in [3.05, 3.63) is 78.5 Å². The van der Waals surface area contributed by atoms with Crippen LogP contribution in [0.4, 0.5) is 5.69 Å². The minimum absolute atomic E-state index is 0. The molecule has 10 nitrogen and oxygen atoms in total. The van der Waals surface area contributed by atoms with Crippen LogP contribution in [0.25, 0.3) is 17.0 Å². The third-order valence-electron chi connectivity index (χ3n) is 5.67. The maximum Gasteiger partial charge on any atom is 0.250 e. The summed E-state index contributed by atoms with van der Waals surface area (Å²) < 4.78 is -2.06. The van der Waals surface area contributed by atoms with E-state index in [1.165, 1.54) is 11.0 Å². The first-order valence-corrected chi connectivity index (χ1v) is 13.9. The average Bonchev–Trinajstić information content (AvgIpc) is 2.94. The molecule has 3 rings (SSSR count). The maximum absolute atomic E-state index is 13.7. The number of guanidine groups is 1. The lowest BCUT2D eigenvalue weighted by molar-refractivity contribution is -0.119. The van der Waals surface area contributed by atoms with Crippen LogP contribution in [-0.4, -0.2) is 50.4 Å². The van der Waals surface area contributed by atoms with Gasteiger partial charge in [-0.25, -0.2) is 0 Å². The Morgan fingerprint density at radius 1 is 1.05 bits per heavy atom. The number of carbonyl (C=O) groups is 2. The molecule has 0 fully saturated rings. The van der Waals surface area contributed by atoms with Crippen LogP contribution in [0.3, 0.4) is 0 Å². The molecule has 0 aliphatic rings. The molecule has 42 heavy (non-hydrogen) atoms. The monoisotopic (exact) mass is 668 g/mol.